The first-order chi connectivity index (χ1) is 9.34. The molecular weight excluding hydrogens is 252 g/mol. The van der Waals surface area contributed by atoms with Crippen LogP contribution in [0.3, 0.4) is 0 Å². The van der Waals surface area contributed by atoms with Crippen LogP contribution in [0.1, 0.15) is 32.1 Å². The van der Waals surface area contributed by atoms with Crippen LogP contribution in [0, 0.1) is 5.92 Å². The first kappa shape index (κ1) is 12.8. The molecule has 1 atom stereocenters. The van der Waals surface area contributed by atoms with Crippen molar-refractivity contribution in [1.29, 1.82) is 0 Å². The van der Waals surface area contributed by atoms with E-state index >= 15 is 0 Å². The van der Waals surface area contributed by atoms with E-state index in [1.54, 1.807) is 5.57 Å². The summed E-state index contributed by atoms with van der Waals surface area (Å²) in [6, 6.07) is 0. The average molecular weight is 274 g/mol. The third-order valence-corrected chi connectivity index (χ3v) is 7.23. The molecule has 1 saturated carbocycles. The van der Waals surface area contributed by atoms with Crippen molar-refractivity contribution in [3.05, 3.63) is 53.8 Å². The molecule has 0 bridgehead atoms. The Morgan fingerprint density at radius 2 is 2.21 bits per heavy atom. The van der Waals surface area contributed by atoms with Crippen molar-refractivity contribution in [2.75, 3.05) is 5.75 Å². The number of allylic oxidation sites excluding steroid dienone is 2. The Bertz CT molecular complexity index is 495. The molecule has 1 aliphatic heterocycles. The van der Waals surface area contributed by atoms with Gasteiger partial charge in [0.15, 0.2) is 0 Å². The third-order valence-electron chi connectivity index (χ3n) is 4.17. The summed E-state index contributed by atoms with van der Waals surface area (Å²) in [5.41, 5.74) is 1.56. The topological polar surface area (TPSA) is 17.8 Å². The monoisotopic (exact) mass is 274 g/mol. The lowest BCUT2D eigenvalue weighted by Crippen LogP contribution is -2.08. The zero-order chi connectivity index (χ0) is 13.1. The first-order valence-electron chi connectivity index (χ1n) is 7.14. The van der Waals surface area contributed by atoms with E-state index in [1.807, 2.05) is 18.6 Å². The summed E-state index contributed by atoms with van der Waals surface area (Å²) in [6.07, 6.45) is 17.3. The highest BCUT2D eigenvalue weighted by atomic mass is 32.3. The van der Waals surface area contributed by atoms with Crippen molar-refractivity contribution in [2.45, 2.75) is 32.1 Å². The molecule has 1 aromatic heterocycles. The molecule has 1 unspecified atom stereocenters. The second-order valence-corrected chi connectivity index (χ2v) is 8.32. The Morgan fingerprint density at radius 3 is 2.89 bits per heavy atom. The molecule has 3 heteroatoms. The fourth-order valence-electron chi connectivity index (χ4n) is 3.14. The van der Waals surface area contributed by atoms with E-state index in [9.17, 15) is 0 Å². The van der Waals surface area contributed by atoms with Gasteiger partial charge in [-0.05, 0) is 35.1 Å². The van der Waals surface area contributed by atoms with Gasteiger partial charge in [-0.15, -0.1) is 16.8 Å². The van der Waals surface area contributed by atoms with Gasteiger partial charge in [0.25, 0.3) is 0 Å². The zero-order valence-corrected chi connectivity index (χ0v) is 12.2. The van der Waals surface area contributed by atoms with E-state index in [-0.39, 0.29) is 0 Å². The fraction of sp³-hybridized carbons (Fsp3) is 0.438. The SMILES string of the molecule is C=CCS1(n2ccnc2)C=CC(C2CCCCC2)=C1. The molecule has 0 aromatic carbocycles. The Hall–Kier alpha value is -1.22. The van der Waals surface area contributed by atoms with Crippen molar-refractivity contribution < 1.29 is 0 Å². The number of rotatable bonds is 4. The summed E-state index contributed by atoms with van der Waals surface area (Å²) in [4.78, 5) is 4.22. The van der Waals surface area contributed by atoms with Gasteiger partial charge in [0.1, 0.15) is 6.33 Å². The Labute approximate surface area is 117 Å². The molecule has 0 spiro atoms. The summed E-state index contributed by atoms with van der Waals surface area (Å²) < 4.78 is 2.28. The predicted octanol–water partition coefficient (Wildman–Crippen LogP) is 4.63. The van der Waals surface area contributed by atoms with Gasteiger partial charge in [0.05, 0.1) is 0 Å². The lowest BCUT2D eigenvalue weighted by molar-refractivity contribution is 0.409. The minimum Gasteiger partial charge on any atom is -0.292 e. The van der Waals surface area contributed by atoms with E-state index in [4.69, 9.17) is 0 Å². The van der Waals surface area contributed by atoms with Gasteiger partial charge in [-0.2, -0.15) is 0 Å². The maximum atomic E-state index is 4.22. The highest BCUT2D eigenvalue weighted by molar-refractivity contribution is 8.37. The predicted molar refractivity (Wildman–Crippen MR) is 84.1 cm³/mol. The van der Waals surface area contributed by atoms with Crippen LogP contribution in [0.15, 0.2) is 53.8 Å². The fourth-order valence-corrected chi connectivity index (χ4v) is 5.88. The van der Waals surface area contributed by atoms with E-state index in [0.29, 0.717) is 0 Å². The van der Waals surface area contributed by atoms with E-state index in [0.717, 1.165) is 11.7 Å². The number of hydrogen-bond donors (Lipinski definition) is 0. The minimum atomic E-state index is -1.05. The normalized spacial score (nSPS) is 30.8. The summed E-state index contributed by atoms with van der Waals surface area (Å²) in [5, 5.41) is 4.92. The van der Waals surface area contributed by atoms with Gasteiger partial charge in [0, 0.05) is 18.1 Å². The standard InChI is InChI=1S/C16H22N2S/c1-2-11-19(18-10-9-17-14-18)12-8-16(13-19)15-6-4-3-5-7-15/h2,8-10,12-15H,1,3-7,11H2. The molecule has 0 saturated heterocycles. The van der Waals surface area contributed by atoms with Gasteiger partial charge in [-0.25, -0.2) is 4.98 Å². The van der Waals surface area contributed by atoms with Gasteiger partial charge >= 0.3 is 0 Å². The van der Waals surface area contributed by atoms with Crippen molar-refractivity contribution >= 4 is 10.2 Å². The van der Waals surface area contributed by atoms with Crippen LogP contribution in [0.4, 0.5) is 0 Å². The third kappa shape index (κ3) is 2.44. The van der Waals surface area contributed by atoms with Gasteiger partial charge < -0.3 is 0 Å². The number of hydrogen-bond acceptors (Lipinski definition) is 1. The maximum absolute atomic E-state index is 4.22. The number of imidazole rings is 1. The van der Waals surface area contributed by atoms with Crippen LogP contribution in [-0.2, 0) is 0 Å². The molecule has 2 heterocycles. The second kappa shape index (κ2) is 5.41. The highest BCUT2D eigenvalue weighted by Gasteiger charge is 2.27. The Balaban J connectivity index is 1.89. The van der Waals surface area contributed by atoms with Crippen LogP contribution in [0.5, 0.6) is 0 Å². The van der Waals surface area contributed by atoms with Crippen LogP contribution in [0.2, 0.25) is 0 Å². The number of aromatic nitrogens is 2. The van der Waals surface area contributed by atoms with Crippen LogP contribution in [-0.4, -0.2) is 14.7 Å². The van der Waals surface area contributed by atoms with E-state index in [2.05, 4.69) is 38.6 Å². The summed E-state index contributed by atoms with van der Waals surface area (Å²) >= 11 is 0. The molecule has 19 heavy (non-hydrogen) atoms. The summed E-state index contributed by atoms with van der Waals surface area (Å²) in [7, 11) is -1.05. The van der Waals surface area contributed by atoms with Crippen molar-refractivity contribution in [2.24, 2.45) is 5.92 Å². The number of nitrogens with zero attached hydrogens (tertiary/aromatic N) is 2. The molecule has 102 valence electrons. The Morgan fingerprint density at radius 1 is 1.37 bits per heavy atom. The molecule has 1 fully saturated rings. The summed E-state index contributed by atoms with van der Waals surface area (Å²) in [6.45, 7) is 3.94. The molecule has 0 radical (unpaired) electrons. The highest BCUT2D eigenvalue weighted by Crippen LogP contribution is 2.57. The molecule has 1 aromatic rings. The molecule has 0 N–H and O–H groups in total. The molecular formula is C16H22N2S. The van der Waals surface area contributed by atoms with Crippen molar-refractivity contribution in [3.8, 4) is 0 Å². The lowest BCUT2D eigenvalue weighted by atomic mass is 9.84. The van der Waals surface area contributed by atoms with Crippen molar-refractivity contribution in [3.63, 3.8) is 0 Å². The average Bonchev–Trinajstić information content (AvgIpc) is 3.10. The second-order valence-electron chi connectivity index (χ2n) is 5.44. The largest absolute Gasteiger partial charge is 0.292 e. The molecule has 0 amide bonds. The quantitative estimate of drug-likeness (QED) is 0.732. The van der Waals surface area contributed by atoms with Gasteiger partial charge in [-0.1, -0.05) is 31.4 Å². The summed E-state index contributed by atoms with van der Waals surface area (Å²) in [5.74, 6) is 1.79. The smallest absolute Gasteiger partial charge is 0.104 e. The van der Waals surface area contributed by atoms with Gasteiger partial charge in [-0.3, -0.25) is 3.97 Å². The van der Waals surface area contributed by atoms with Gasteiger partial charge in [0.2, 0.25) is 0 Å². The van der Waals surface area contributed by atoms with Crippen LogP contribution in [0.25, 0.3) is 0 Å². The maximum Gasteiger partial charge on any atom is 0.104 e. The molecule has 1 aliphatic carbocycles. The van der Waals surface area contributed by atoms with Crippen molar-refractivity contribution in [1.82, 2.24) is 8.96 Å². The van der Waals surface area contributed by atoms with E-state index < -0.39 is 10.2 Å². The minimum absolute atomic E-state index is 0.785. The Kier molecular flexibility index (Phi) is 3.65. The zero-order valence-electron chi connectivity index (χ0n) is 11.4. The first-order valence-corrected chi connectivity index (χ1v) is 9.03. The van der Waals surface area contributed by atoms with E-state index in [1.165, 1.54) is 32.1 Å². The lowest BCUT2D eigenvalue weighted by Gasteiger charge is -2.32. The molecule has 2 aliphatic rings. The molecule has 3 rings (SSSR count). The van der Waals surface area contributed by atoms with Crippen LogP contribution >= 0.6 is 10.2 Å². The van der Waals surface area contributed by atoms with Crippen LogP contribution < -0.4 is 0 Å². The molecule has 2 nitrogen and oxygen atoms in total.